The quantitative estimate of drug-likeness (QED) is 0.442. The van der Waals surface area contributed by atoms with Crippen molar-refractivity contribution in [1.29, 1.82) is 0 Å². The van der Waals surface area contributed by atoms with Gasteiger partial charge in [0.25, 0.3) is 0 Å². The van der Waals surface area contributed by atoms with Crippen LogP contribution in [0, 0.1) is 6.92 Å². The number of allylic oxidation sites excluding steroid dienone is 2. The fourth-order valence-corrected chi connectivity index (χ4v) is 3.77. The predicted molar refractivity (Wildman–Crippen MR) is 125 cm³/mol. The van der Waals surface area contributed by atoms with Gasteiger partial charge in [0.1, 0.15) is 12.4 Å². The van der Waals surface area contributed by atoms with Gasteiger partial charge in [0.15, 0.2) is 0 Å². The molecular formula is C25H28N2O6. The molecule has 0 radical (unpaired) electrons. The summed E-state index contributed by atoms with van der Waals surface area (Å²) in [7, 11) is 2.91. The fraction of sp³-hybridized carbons (Fsp3) is 0.320. The van der Waals surface area contributed by atoms with Gasteiger partial charge in [-0.1, -0.05) is 29.8 Å². The number of fused-ring (bicyclic) bond motifs is 1. The van der Waals surface area contributed by atoms with E-state index in [-0.39, 0.29) is 19.0 Å². The van der Waals surface area contributed by atoms with E-state index in [1.165, 1.54) is 7.11 Å². The molecule has 3 rings (SSSR count). The van der Waals surface area contributed by atoms with Crippen LogP contribution in [0.25, 0.3) is 0 Å². The Morgan fingerprint density at radius 1 is 1.12 bits per heavy atom. The summed E-state index contributed by atoms with van der Waals surface area (Å²) in [5, 5.41) is 5.61. The van der Waals surface area contributed by atoms with E-state index in [0.29, 0.717) is 46.7 Å². The van der Waals surface area contributed by atoms with Gasteiger partial charge in [-0.05, 0) is 44.4 Å². The van der Waals surface area contributed by atoms with Crippen molar-refractivity contribution in [2.75, 3.05) is 24.9 Å². The van der Waals surface area contributed by atoms with Crippen LogP contribution in [0.5, 0.6) is 5.75 Å². The van der Waals surface area contributed by atoms with E-state index in [4.69, 9.17) is 14.2 Å². The second-order valence-electron chi connectivity index (χ2n) is 7.72. The van der Waals surface area contributed by atoms with Crippen molar-refractivity contribution in [3.05, 3.63) is 64.2 Å². The average Bonchev–Trinajstić information content (AvgIpc) is 3.20. The zero-order valence-corrected chi connectivity index (χ0v) is 19.2. The van der Waals surface area contributed by atoms with Crippen LogP contribution in [0.1, 0.15) is 46.8 Å². The van der Waals surface area contributed by atoms with Crippen LogP contribution in [-0.2, 0) is 27.3 Å². The largest absolute Gasteiger partial charge is 0.496 e. The lowest BCUT2D eigenvalue weighted by atomic mass is 9.93. The summed E-state index contributed by atoms with van der Waals surface area (Å²) in [6.07, 6.45) is 3.15. The third-order valence-electron chi connectivity index (χ3n) is 5.55. The third-order valence-corrected chi connectivity index (χ3v) is 5.55. The molecule has 8 nitrogen and oxygen atoms in total. The summed E-state index contributed by atoms with van der Waals surface area (Å²) in [6, 6.07) is 8.52. The van der Waals surface area contributed by atoms with E-state index >= 15 is 0 Å². The summed E-state index contributed by atoms with van der Waals surface area (Å²) >= 11 is 0. The van der Waals surface area contributed by atoms with Gasteiger partial charge in [-0.3, -0.25) is 4.79 Å². The number of rotatable bonds is 8. The minimum Gasteiger partial charge on any atom is -0.496 e. The Hall–Kier alpha value is -3.81. The van der Waals surface area contributed by atoms with Crippen LogP contribution in [0.3, 0.4) is 0 Å². The second kappa shape index (κ2) is 10.7. The first kappa shape index (κ1) is 23.8. The molecule has 33 heavy (non-hydrogen) atoms. The van der Waals surface area contributed by atoms with E-state index in [2.05, 4.69) is 10.6 Å². The summed E-state index contributed by atoms with van der Waals surface area (Å²) in [4.78, 5) is 36.8. The normalized spacial score (nSPS) is 12.6. The number of hydrogen-bond acceptors (Lipinski definition) is 6. The summed E-state index contributed by atoms with van der Waals surface area (Å²) < 4.78 is 15.6. The second-order valence-corrected chi connectivity index (χ2v) is 7.72. The number of para-hydroxylation sites is 1. The number of carbonyl (C=O) groups excluding carboxylic acids is 3. The Morgan fingerprint density at radius 3 is 2.52 bits per heavy atom. The van der Waals surface area contributed by atoms with E-state index in [1.54, 1.807) is 19.2 Å². The highest BCUT2D eigenvalue weighted by Gasteiger charge is 2.32. The summed E-state index contributed by atoms with van der Waals surface area (Å²) in [6.45, 7) is 3.91. The SMILES string of the molecule is COC(=O)CCC(C)=CCc1c(NC(=O)Nc2ccccc2)c2c(c(C)c1OC)COC2=O. The zero-order valence-electron chi connectivity index (χ0n) is 19.2. The van der Waals surface area contributed by atoms with Crippen molar-refractivity contribution in [2.45, 2.75) is 39.7 Å². The number of methoxy groups -OCH3 is 2. The Bertz CT molecular complexity index is 1090. The average molecular weight is 453 g/mol. The van der Waals surface area contributed by atoms with E-state index in [1.807, 2.05) is 38.1 Å². The van der Waals surface area contributed by atoms with Gasteiger partial charge < -0.3 is 24.8 Å². The Morgan fingerprint density at radius 2 is 1.85 bits per heavy atom. The lowest BCUT2D eigenvalue weighted by Gasteiger charge is -2.20. The first-order valence-electron chi connectivity index (χ1n) is 10.6. The maximum atomic E-state index is 12.8. The molecule has 174 valence electrons. The van der Waals surface area contributed by atoms with Crippen LogP contribution in [0.2, 0.25) is 0 Å². The summed E-state index contributed by atoms with van der Waals surface area (Å²) in [5.41, 5.74) is 4.45. The van der Waals surface area contributed by atoms with Crippen molar-refractivity contribution in [3.8, 4) is 5.75 Å². The molecule has 0 spiro atoms. The van der Waals surface area contributed by atoms with Gasteiger partial charge in [0.2, 0.25) is 0 Å². The molecule has 1 aliphatic heterocycles. The van der Waals surface area contributed by atoms with Gasteiger partial charge in [-0.25, -0.2) is 9.59 Å². The highest BCUT2D eigenvalue weighted by Crippen LogP contribution is 2.41. The fourth-order valence-electron chi connectivity index (χ4n) is 3.77. The number of esters is 2. The standard InChI is InChI=1S/C25H28N2O6/c1-15(11-13-20(28)31-3)10-12-18-22(27-25(30)26-17-8-6-5-7-9-17)21-19(14-33-24(21)29)16(2)23(18)32-4/h5-10H,11-14H2,1-4H3,(H2,26,27,30). The van der Waals surface area contributed by atoms with Crippen LogP contribution in [0.4, 0.5) is 16.2 Å². The molecule has 0 atom stereocenters. The van der Waals surface area contributed by atoms with E-state index in [9.17, 15) is 14.4 Å². The Labute approximate surface area is 192 Å². The number of amides is 2. The number of carbonyl (C=O) groups is 3. The molecule has 2 aromatic carbocycles. The molecule has 0 aliphatic carbocycles. The van der Waals surface area contributed by atoms with Crippen LogP contribution in [0.15, 0.2) is 42.0 Å². The topological polar surface area (TPSA) is 103 Å². The van der Waals surface area contributed by atoms with Gasteiger partial charge >= 0.3 is 18.0 Å². The van der Waals surface area contributed by atoms with Gasteiger partial charge in [-0.15, -0.1) is 0 Å². The maximum absolute atomic E-state index is 12.8. The molecular weight excluding hydrogens is 424 g/mol. The number of benzene rings is 2. The van der Waals surface area contributed by atoms with Crippen LogP contribution in [-0.4, -0.2) is 32.2 Å². The van der Waals surface area contributed by atoms with Crippen LogP contribution < -0.4 is 15.4 Å². The third kappa shape index (κ3) is 5.52. The van der Waals surface area contributed by atoms with Gasteiger partial charge in [0, 0.05) is 23.2 Å². The molecule has 0 fully saturated rings. The lowest BCUT2D eigenvalue weighted by Crippen LogP contribution is -2.22. The summed E-state index contributed by atoms with van der Waals surface area (Å²) in [5.74, 6) is -0.186. The molecule has 0 saturated carbocycles. The monoisotopic (exact) mass is 452 g/mol. The number of hydrogen-bond donors (Lipinski definition) is 2. The van der Waals surface area contributed by atoms with Crippen molar-refractivity contribution in [2.24, 2.45) is 0 Å². The Balaban J connectivity index is 1.97. The zero-order chi connectivity index (χ0) is 24.0. The smallest absolute Gasteiger partial charge is 0.341 e. The number of ether oxygens (including phenoxy) is 3. The minimum atomic E-state index is -0.488. The molecule has 8 heteroatoms. The van der Waals surface area contributed by atoms with Gasteiger partial charge in [0.05, 0.1) is 25.5 Å². The number of cyclic esters (lactones) is 1. The number of anilines is 2. The molecule has 0 bridgehead atoms. The van der Waals surface area contributed by atoms with Crippen molar-refractivity contribution < 1.29 is 28.6 Å². The van der Waals surface area contributed by atoms with Crippen molar-refractivity contribution >= 4 is 29.3 Å². The van der Waals surface area contributed by atoms with E-state index < -0.39 is 12.0 Å². The molecule has 2 aromatic rings. The van der Waals surface area contributed by atoms with Gasteiger partial charge in [-0.2, -0.15) is 0 Å². The minimum absolute atomic E-state index is 0.125. The molecule has 1 heterocycles. The Kier molecular flexibility index (Phi) is 7.71. The van der Waals surface area contributed by atoms with Crippen molar-refractivity contribution in [1.82, 2.24) is 0 Å². The molecule has 0 saturated heterocycles. The highest BCUT2D eigenvalue weighted by molar-refractivity contribution is 6.08. The molecule has 1 aliphatic rings. The maximum Gasteiger partial charge on any atom is 0.341 e. The predicted octanol–water partition coefficient (Wildman–Crippen LogP) is 4.76. The number of urea groups is 1. The lowest BCUT2D eigenvalue weighted by molar-refractivity contribution is -0.140. The van der Waals surface area contributed by atoms with Crippen LogP contribution >= 0.6 is 0 Å². The van der Waals surface area contributed by atoms with Crippen molar-refractivity contribution in [3.63, 3.8) is 0 Å². The molecule has 2 amide bonds. The molecule has 0 aromatic heterocycles. The first-order chi connectivity index (χ1) is 15.8. The first-order valence-corrected chi connectivity index (χ1v) is 10.6. The highest BCUT2D eigenvalue weighted by atomic mass is 16.5. The number of nitrogens with one attached hydrogen (secondary N) is 2. The molecule has 0 unspecified atom stereocenters. The molecule has 2 N–H and O–H groups in total. The van der Waals surface area contributed by atoms with E-state index in [0.717, 1.165) is 11.1 Å².